The number of nitrogens with two attached hydrogens (primary N) is 1. The Balaban J connectivity index is 1.38. The van der Waals surface area contributed by atoms with Crippen LogP contribution in [0, 0.1) is 12.8 Å². The SMILES string of the molecule is Cc1ccnc2ccc(C(=O)N3CC(N4CCC(C(N)=O)CC4)C3)cc12. The molecule has 3 heterocycles. The third kappa shape index (κ3) is 3.05. The van der Waals surface area contributed by atoms with Crippen molar-refractivity contribution >= 4 is 22.7 Å². The zero-order chi connectivity index (χ0) is 18.3. The van der Waals surface area contributed by atoms with Crippen molar-refractivity contribution in [1.29, 1.82) is 0 Å². The number of fused-ring (bicyclic) bond motifs is 1. The zero-order valence-corrected chi connectivity index (χ0v) is 15.0. The van der Waals surface area contributed by atoms with E-state index in [9.17, 15) is 9.59 Å². The molecule has 0 atom stereocenters. The van der Waals surface area contributed by atoms with E-state index >= 15 is 0 Å². The smallest absolute Gasteiger partial charge is 0.253 e. The number of hydrogen-bond acceptors (Lipinski definition) is 4. The third-order valence-corrected chi connectivity index (χ3v) is 5.80. The Labute approximate surface area is 153 Å². The van der Waals surface area contributed by atoms with Gasteiger partial charge in [-0.25, -0.2) is 0 Å². The number of amides is 2. The average molecular weight is 352 g/mol. The topological polar surface area (TPSA) is 79.5 Å². The summed E-state index contributed by atoms with van der Waals surface area (Å²) in [5.41, 5.74) is 8.16. The van der Waals surface area contributed by atoms with Crippen LogP contribution in [0.2, 0.25) is 0 Å². The van der Waals surface area contributed by atoms with Crippen LogP contribution in [0.25, 0.3) is 10.9 Å². The van der Waals surface area contributed by atoms with Crippen LogP contribution >= 0.6 is 0 Å². The molecule has 0 aliphatic carbocycles. The van der Waals surface area contributed by atoms with E-state index in [1.165, 1.54) is 0 Å². The standard InChI is InChI=1S/C20H24N4O2/c1-13-4-7-22-18-3-2-15(10-17(13)18)20(26)24-11-16(12-24)23-8-5-14(6-9-23)19(21)25/h2-4,7,10,14,16H,5-6,8-9,11-12H2,1H3,(H2,21,25). The molecule has 0 saturated carbocycles. The van der Waals surface area contributed by atoms with Gasteiger partial charge in [-0.2, -0.15) is 0 Å². The van der Waals surface area contributed by atoms with Gasteiger partial charge in [0.1, 0.15) is 0 Å². The molecule has 1 aromatic heterocycles. The first-order chi connectivity index (χ1) is 12.5. The van der Waals surface area contributed by atoms with E-state index in [4.69, 9.17) is 5.73 Å². The summed E-state index contributed by atoms with van der Waals surface area (Å²) in [6.45, 7) is 5.32. The van der Waals surface area contributed by atoms with Crippen LogP contribution in [0.4, 0.5) is 0 Å². The number of benzene rings is 1. The molecule has 2 amide bonds. The van der Waals surface area contributed by atoms with E-state index in [1.54, 1.807) is 6.20 Å². The first-order valence-corrected chi connectivity index (χ1v) is 9.21. The molecule has 2 aromatic rings. The summed E-state index contributed by atoms with van der Waals surface area (Å²) in [5.74, 6) is -0.0897. The first kappa shape index (κ1) is 17.0. The normalized spacial score (nSPS) is 19.5. The van der Waals surface area contributed by atoms with Gasteiger partial charge >= 0.3 is 0 Å². The van der Waals surface area contributed by atoms with Crippen molar-refractivity contribution in [2.24, 2.45) is 11.7 Å². The van der Waals surface area contributed by atoms with Gasteiger partial charge in [-0.1, -0.05) is 0 Å². The second-order valence-electron chi connectivity index (χ2n) is 7.44. The van der Waals surface area contributed by atoms with E-state index in [-0.39, 0.29) is 17.7 Å². The summed E-state index contributed by atoms with van der Waals surface area (Å²) >= 11 is 0. The molecular weight excluding hydrogens is 328 g/mol. The summed E-state index contributed by atoms with van der Waals surface area (Å²) in [5, 5.41) is 1.03. The Morgan fingerprint density at radius 2 is 1.88 bits per heavy atom. The molecule has 1 aromatic carbocycles. The summed E-state index contributed by atoms with van der Waals surface area (Å²) in [4.78, 5) is 32.7. The number of piperidine rings is 1. The molecule has 2 aliphatic rings. The third-order valence-electron chi connectivity index (χ3n) is 5.80. The molecule has 6 heteroatoms. The number of carbonyl (C=O) groups is 2. The fourth-order valence-corrected chi connectivity index (χ4v) is 4.00. The summed E-state index contributed by atoms with van der Waals surface area (Å²) in [6, 6.07) is 8.10. The van der Waals surface area contributed by atoms with Gasteiger partial charge in [0.15, 0.2) is 0 Å². The quantitative estimate of drug-likeness (QED) is 0.909. The minimum absolute atomic E-state index is 0.0125. The lowest BCUT2D eigenvalue weighted by Gasteiger charge is -2.47. The lowest BCUT2D eigenvalue weighted by molar-refractivity contribution is -0.123. The second kappa shape index (κ2) is 6.68. The summed E-state index contributed by atoms with van der Waals surface area (Å²) in [7, 11) is 0. The Morgan fingerprint density at radius 3 is 2.58 bits per heavy atom. The molecule has 0 radical (unpaired) electrons. The summed E-state index contributed by atoms with van der Waals surface area (Å²) in [6.07, 6.45) is 3.45. The number of likely N-dealkylation sites (tertiary alicyclic amines) is 2. The number of primary amides is 1. The minimum atomic E-state index is -0.184. The highest BCUT2D eigenvalue weighted by molar-refractivity contribution is 5.99. The highest BCUT2D eigenvalue weighted by Gasteiger charge is 2.37. The number of aromatic nitrogens is 1. The number of aryl methyl sites for hydroxylation is 1. The number of rotatable bonds is 3. The minimum Gasteiger partial charge on any atom is -0.369 e. The van der Waals surface area contributed by atoms with E-state index in [2.05, 4.69) is 9.88 Å². The molecule has 6 nitrogen and oxygen atoms in total. The van der Waals surface area contributed by atoms with Crippen LogP contribution in [0.15, 0.2) is 30.5 Å². The van der Waals surface area contributed by atoms with Crippen LogP contribution in [0.5, 0.6) is 0 Å². The van der Waals surface area contributed by atoms with Gasteiger partial charge in [0.2, 0.25) is 5.91 Å². The largest absolute Gasteiger partial charge is 0.369 e. The van der Waals surface area contributed by atoms with Crippen molar-refractivity contribution in [3.8, 4) is 0 Å². The Morgan fingerprint density at radius 1 is 1.15 bits per heavy atom. The van der Waals surface area contributed by atoms with Crippen molar-refractivity contribution in [2.75, 3.05) is 26.2 Å². The molecule has 0 unspecified atom stereocenters. The van der Waals surface area contributed by atoms with E-state index < -0.39 is 0 Å². The van der Waals surface area contributed by atoms with E-state index in [1.807, 2.05) is 36.1 Å². The van der Waals surface area contributed by atoms with E-state index in [0.717, 1.165) is 61.1 Å². The van der Waals surface area contributed by atoms with Crippen LogP contribution in [-0.4, -0.2) is 58.8 Å². The molecule has 0 spiro atoms. The van der Waals surface area contributed by atoms with Crippen molar-refractivity contribution in [3.63, 3.8) is 0 Å². The maximum atomic E-state index is 12.8. The molecule has 2 aliphatic heterocycles. The monoisotopic (exact) mass is 352 g/mol. The summed E-state index contributed by atoms with van der Waals surface area (Å²) < 4.78 is 0. The Hall–Kier alpha value is -2.47. The number of hydrogen-bond donors (Lipinski definition) is 1. The van der Waals surface area contributed by atoms with Gasteiger partial charge in [0.05, 0.1) is 5.52 Å². The first-order valence-electron chi connectivity index (χ1n) is 9.21. The highest BCUT2D eigenvalue weighted by atomic mass is 16.2. The molecule has 2 fully saturated rings. The molecular formula is C20H24N4O2. The van der Waals surface area contributed by atoms with Crippen LogP contribution in [-0.2, 0) is 4.79 Å². The molecule has 2 N–H and O–H groups in total. The Bertz CT molecular complexity index is 852. The molecule has 4 rings (SSSR count). The maximum absolute atomic E-state index is 12.8. The molecule has 26 heavy (non-hydrogen) atoms. The van der Waals surface area contributed by atoms with Crippen molar-refractivity contribution in [1.82, 2.24) is 14.8 Å². The van der Waals surface area contributed by atoms with Gasteiger partial charge in [-0.15, -0.1) is 0 Å². The maximum Gasteiger partial charge on any atom is 0.253 e. The van der Waals surface area contributed by atoms with Gasteiger partial charge in [0, 0.05) is 42.2 Å². The highest BCUT2D eigenvalue weighted by Crippen LogP contribution is 2.25. The van der Waals surface area contributed by atoms with Crippen molar-refractivity contribution < 1.29 is 9.59 Å². The van der Waals surface area contributed by atoms with Crippen LogP contribution < -0.4 is 5.73 Å². The van der Waals surface area contributed by atoms with Gasteiger partial charge in [0.25, 0.3) is 5.91 Å². The Kier molecular flexibility index (Phi) is 4.36. The number of pyridine rings is 1. The van der Waals surface area contributed by atoms with Crippen LogP contribution in [0.3, 0.4) is 0 Å². The number of carbonyl (C=O) groups excluding carboxylic acids is 2. The molecule has 136 valence electrons. The fourth-order valence-electron chi connectivity index (χ4n) is 4.00. The van der Waals surface area contributed by atoms with Crippen molar-refractivity contribution in [2.45, 2.75) is 25.8 Å². The van der Waals surface area contributed by atoms with Gasteiger partial charge in [-0.05, 0) is 62.7 Å². The average Bonchev–Trinajstić information content (AvgIpc) is 2.61. The zero-order valence-electron chi connectivity index (χ0n) is 15.0. The lowest BCUT2D eigenvalue weighted by Crippen LogP contribution is -2.62. The fraction of sp³-hybridized carbons (Fsp3) is 0.450. The van der Waals surface area contributed by atoms with Crippen molar-refractivity contribution in [3.05, 3.63) is 41.6 Å². The molecule has 2 saturated heterocycles. The lowest BCUT2D eigenvalue weighted by atomic mass is 9.93. The van der Waals surface area contributed by atoms with E-state index in [0.29, 0.717) is 6.04 Å². The predicted molar refractivity (Wildman–Crippen MR) is 99.7 cm³/mol. The van der Waals surface area contributed by atoms with Gasteiger partial charge < -0.3 is 10.6 Å². The van der Waals surface area contributed by atoms with Gasteiger partial charge in [-0.3, -0.25) is 19.5 Å². The molecule has 0 bridgehead atoms. The van der Waals surface area contributed by atoms with Crippen LogP contribution in [0.1, 0.15) is 28.8 Å². The second-order valence-corrected chi connectivity index (χ2v) is 7.44. The predicted octanol–water partition coefficient (Wildman–Crippen LogP) is 1.56. The number of nitrogens with zero attached hydrogens (tertiary/aromatic N) is 3.